The van der Waals surface area contributed by atoms with E-state index in [-0.39, 0.29) is 0 Å². The minimum atomic E-state index is 0.729. The molecule has 0 aliphatic carbocycles. The molecule has 66 valence electrons. The Morgan fingerprint density at radius 3 is 2.27 bits per heavy atom. The van der Waals surface area contributed by atoms with Gasteiger partial charge in [0.15, 0.2) is 0 Å². The second-order valence-electron chi connectivity index (χ2n) is 4.32. The van der Waals surface area contributed by atoms with Crippen molar-refractivity contribution < 1.29 is 0 Å². The van der Waals surface area contributed by atoms with Gasteiger partial charge in [-0.2, -0.15) is 0 Å². The van der Waals surface area contributed by atoms with Gasteiger partial charge in [0, 0.05) is 18.6 Å². The lowest BCUT2D eigenvalue weighted by Gasteiger charge is -2.39. The second-order valence-corrected chi connectivity index (χ2v) is 4.32. The van der Waals surface area contributed by atoms with Crippen LogP contribution in [0.5, 0.6) is 0 Å². The molecule has 1 heteroatoms. The molecule has 2 atom stereocenters. The lowest BCUT2D eigenvalue weighted by Crippen LogP contribution is -2.44. The fourth-order valence-electron chi connectivity index (χ4n) is 2.04. The molecule has 1 rings (SSSR count). The summed E-state index contributed by atoms with van der Waals surface area (Å²) in [7, 11) is 0. The fourth-order valence-corrected chi connectivity index (χ4v) is 2.04. The average molecular weight is 155 g/mol. The van der Waals surface area contributed by atoms with Crippen LogP contribution in [0.4, 0.5) is 0 Å². The van der Waals surface area contributed by atoms with E-state index in [2.05, 4.69) is 32.6 Å². The summed E-state index contributed by atoms with van der Waals surface area (Å²) in [4.78, 5) is 2.62. The van der Waals surface area contributed by atoms with E-state index in [1.807, 2.05) is 0 Å². The Bertz CT molecular complexity index is 120. The van der Waals surface area contributed by atoms with Gasteiger partial charge in [-0.15, -0.1) is 0 Å². The van der Waals surface area contributed by atoms with Gasteiger partial charge in [-0.3, -0.25) is 4.90 Å². The third-order valence-corrected chi connectivity index (χ3v) is 2.83. The first-order chi connectivity index (χ1) is 5.11. The quantitative estimate of drug-likeness (QED) is 0.562. The number of hydrogen-bond acceptors (Lipinski definition) is 1. The van der Waals surface area contributed by atoms with Crippen LogP contribution in [0.3, 0.4) is 0 Å². The Morgan fingerprint density at radius 1 is 1.18 bits per heavy atom. The molecule has 0 N–H and O–H groups in total. The third kappa shape index (κ3) is 2.19. The smallest absolute Gasteiger partial charge is 0.00698 e. The van der Waals surface area contributed by atoms with Crippen molar-refractivity contribution >= 4 is 0 Å². The first-order valence-electron chi connectivity index (χ1n) is 4.87. The average Bonchev–Trinajstić information content (AvgIpc) is 1.94. The van der Waals surface area contributed by atoms with Crippen molar-refractivity contribution in [2.45, 2.75) is 52.6 Å². The van der Waals surface area contributed by atoms with E-state index in [0.717, 1.165) is 18.0 Å². The second kappa shape index (κ2) is 3.57. The molecule has 0 saturated carbocycles. The van der Waals surface area contributed by atoms with Crippen LogP contribution < -0.4 is 0 Å². The Kier molecular flexibility index (Phi) is 2.94. The SMILES string of the molecule is CC(C)N1C[C@H](C)CC[C@@H]1C. The Balaban J connectivity index is 2.47. The van der Waals surface area contributed by atoms with Crippen LogP contribution >= 0.6 is 0 Å². The third-order valence-electron chi connectivity index (χ3n) is 2.83. The van der Waals surface area contributed by atoms with Gasteiger partial charge in [0.25, 0.3) is 0 Å². The van der Waals surface area contributed by atoms with Gasteiger partial charge in [0.05, 0.1) is 0 Å². The van der Waals surface area contributed by atoms with Crippen LogP contribution in [0.2, 0.25) is 0 Å². The van der Waals surface area contributed by atoms with Crippen molar-refractivity contribution in [1.29, 1.82) is 0 Å². The zero-order valence-electron chi connectivity index (χ0n) is 8.30. The predicted molar refractivity (Wildman–Crippen MR) is 49.7 cm³/mol. The summed E-state index contributed by atoms with van der Waals surface area (Å²) >= 11 is 0. The van der Waals surface area contributed by atoms with Crippen molar-refractivity contribution in [1.82, 2.24) is 4.90 Å². The zero-order valence-corrected chi connectivity index (χ0v) is 8.30. The molecule has 0 aromatic heterocycles. The minimum Gasteiger partial charge on any atom is -0.298 e. The molecule has 1 aliphatic rings. The van der Waals surface area contributed by atoms with Crippen molar-refractivity contribution in [3.63, 3.8) is 0 Å². The van der Waals surface area contributed by atoms with Crippen molar-refractivity contribution in [2.24, 2.45) is 5.92 Å². The molecule has 0 aromatic rings. The molecule has 1 fully saturated rings. The highest BCUT2D eigenvalue weighted by molar-refractivity contribution is 4.78. The normalized spacial score (nSPS) is 34.6. The largest absolute Gasteiger partial charge is 0.298 e. The number of rotatable bonds is 1. The van der Waals surface area contributed by atoms with E-state index in [9.17, 15) is 0 Å². The Labute approximate surface area is 70.8 Å². The first kappa shape index (κ1) is 9.05. The molecule has 1 heterocycles. The van der Waals surface area contributed by atoms with E-state index >= 15 is 0 Å². The molecular weight excluding hydrogens is 134 g/mol. The minimum absolute atomic E-state index is 0.729. The van der Waals surface area contributed by atoms with Gasteiger partial charge in [-0.05, 0) is 39.5 Å². The summed E-state index contributed by atoms with van der Waals surface area (Å²) < 4.78 is 0. The summed E-state index contributed by atoms with van der Waals surface area (Å²) in [5, 5.41) is 0. The molecule has 0 amide bonds. The number of piperidine rings is 1. The van der Waals surface area contributed by atoms with Crippen molar-refractivity contribution in [2.75, 3.05) is 6.54 Å². The van der Waals surface area contributed by atoms with E-state index in [1.54, 1.807) is 0 Å². The number of likely N-dealkylation sites (tertiary alicyclic amines) is 1. The van der Waals surface area contributed by atoms with Gasteiger partial charge in [0.2, 0.25) is 0 Å². The highest BCUT2D eigenvalue weighted by Crippen LogP contribution is 2.22. The molecule has 1 nitrogen and oxygen atoms in total. The Hall–Kier alpha value is -0.0400. The maximum atomic E-state index is 2.62. The highest BCUT2D eigenvalue weighted by Gasteiger charge is 2.24. The summed E-state index contributed by atoms with van der Waals surface area (Å²) in [6.07, 6.45) is 2.81. The van der Waals surface area contributed by atoms with Crippen LogP contribution in [-0.2, 0) is 0 Å². The Morgan fingerprint density at radius 2 is 1.82 bits per heavy atom. The van der Waals surface area contributed by atoms with Crippen LogP contribution in [0.1, 0.15) is 40.5 Å². The van der Waals surface area contributed by atoms with Gasteiger partial charge in [0.1, 0.15) is 0 Å². The molecule has 0 radical (unpaired) electrons. The first-order valence-corrected chi connectivity index (χ1v) is 4.87. The molecule has 0 spiro atoms. The summed E-state index contributed by atoms with van der Waals surface area (Å²) in [5.41, 5.74) is 0. The summed E-state index contributed by atoms with van der Waals surface area (Å²) in [6.45, 7) is 10.6. The van der Waals surface area contributed by atoms with Crippen LogP contribution in [0.15, 0.2) is 0 Å². The standard InChI is InChI=1S/C10H21N/c1-8(2)11-7-9(3)5-6-10(11)4/h8-10H,5-7H2,1-4H3/t9-,10+/m1/s1. The molecule has 1 aliphatic heterocycles. The van der Waals surface area contributed by atoms with E-state index in [0.29, 0.717) is 0 Å². The van der Waals surface area contributed by atoms with E-state index < -0.39 is 0 Å². The summed E-state index contributed by atoms with van der Waals surface area (Å²) in [6, 6.07) is 1.54. The molecule has 11 heavy (non-hydrogen) atoms. The van der Waals surface area contributed by atoms with Crippen molar-refractivity contribution in [3.8, 4) is 0 Å². The monoisotopic (exact) mass is 155 g/mol. The summed E-state index contributed by atoms with van der Waals surface area (Å²) in [5.74, 6) is 0.911. The number of nitrogens with zero attached hydrogens (tertiary/aromatic N) is 1. The van der Waals surface area contributed by atoms with Crippen LogP contribution in [0.25, 0.3) is 0 Å². The molecule has 0 unspecified atom stereocenters. The molecule has 0 aromatic carbocycles. The van der Waals surface area contributed by atoms with Gasteiger partial charge in [-0.1, -0.05) is 6.92 Å². The van der Waals surface area contributed by atoms with Gasteiger partial charge >= 0.3 is 0 Å². The number of hydrogen-bond donors (Lipinski definition) is 0. The predicted octanol–water partition coefficient (Wildman–Crippen LogP) is 2.52. The molecule has 1 saturated heterocycles. The highest BCUT2D eigenvalue weighted by atomic mass is 15.2. The molecule has 0 bridgehead atoms. The van der Waals surface area contributed by atoms with E-state index in [4.69, 9.17) is 0 Å². The lowest BCUT2D eigenvalue weighted by molar-refractivity contribution is 0.0925. The fraction of sp³-hybridized carbons (Fsp3) is 1.00. The van der Waals surface area contributed by atoms with E-state index in [1.165, 1.54) is 19.4 Å². The van der Waals surface area contributed by atoms with Crippen molar-refractivity contribution in [3.05, 3.63) is 0 Å². The van der Waals surface area contributed by atoms with Gasteiger partial charge in [-0.25, -0.2) is 0 Å². The maximum Gasteiger partial charge on any atom is 0.00698 e. The topological polar surface area (TPSA) is 3.24 Å². The van der Waals surface area contributed by atoms with Crippen LogP contribution in [-0.4, -0.2) is 23.5 Å². The molecular formula is C10H21N. The van der Waals surface area contributed by atoms with Crippen LogP contribution in [0, 0.1) is 5.92 Å². The van der Waals surface area contributed by atoms with Gasteiger partial charge < -0.3 is 0 Å². The zero-order chi connectivity index (χ0) is 8.43. The lowest BCUT2D eigenvalue weighted by atomic mass is 9.94. The maximum absolute atomic E-state index is 2.62.